The number of aromatic carboxylic acids is 1. The lowest BCUT2D eigenvalue weighted by Gasteiger charge is -2.04. The number of carboxylic acid groups (broad SMARTS) is 1. The number of hydrogen-bond donors (Lipinski definition) is 3. The summed E-state index contributed by atoms with van der Waals surface area (Å²) in [5.41, 5.74) is 0.564. The highest BCUT2D eigenvalue weighted by atomic mass is 32.1. The maximum absolute atomic E-state index is 10.6. The topological polar surface area (TPSA) is 57.5 Å². The number of aromatic hydroxyl groups is 1. The van der Waals surface area contributed by atoms with E-state index in [1.54, 1.807) is 12.1 Å². The number of para-hydroxylation sites is 1. The van der Waals surface area contributed by atoms with Gasteiger partial charge in [0.1, 0.15) is 11.3 Å². The molecule has 1 aromatic carbocycles. The Kier molecular flexibility index (Phi) is 3.19. The predicted molar refractivity (Wildman–Crippen MR) is 52.6 cm³/mol. The smallest absolute Gasteiger partial charge is 0.339 e. The Morgan fingerprint density at radius 3 is 2.69 bits per heavy atom. The van der Waals surface area contributed by atoms with E-state index in [1.807, 2.05) is 0 Å². The van der Waals surface area contributed by atoms with Gasteiger partial charge in [0, 0.05) is 0 Å². The van der Waals surface area contributed by atoms with Crippen molar-refractivity contribution < 1.29 is 15.0 Å². The van der Waals surface area contributed by atoms with Crippen molar-refractivity contribution in [1.29, 1.82) is 0 Å². The summed E-state index contributed by atoms with van der Waals surface area (Å²) in [4.78, 5) is 10.6. The van der Waals surface area contributed by atoms with Crippen molar-refractivity contribution >= 4 is 18.6 Å². The standard InChI is InChI=1S/C9H10O3S/c10-8-6(4-5-13)2-1-3-7(8)9(11)12/h1-3,10,13H,4-5H2,(H,11,12). The third kappa shape index (κ3) is 2.15. The molecule has 0 radical (unpaired) electrons. The number of aryl methyl sites for hydroxylation is 1. The molecule has 1 rings (SSSR count). The molecular formula is C9H10O3S. The highest BCUT2D eigenvalue weighted by Crippen LogP contribution is 2.22. The van der Waals surface area contributed by atoms with E-state index in [1.165, 1.54) is 6.07 Å². The molecule has 0 bridgehead atoms. The molecule has 0 aromatic heterocycles. The van der Waals surface area contributed by atoms with Crippen LogP contribution < -0.4 is 0 Å². The lowest BCUT2D eigenvalue weighted by molar-refractivity contribution is 0.0693. The van der Waals surface area contributed by atoms with Gasteiger partial charge in [0.05, 0.1) is 0 Å². The molecule has 2 N–H and O–H groups in total. The molecule has 13 heavy (non-hydrogen) atoms. The molecule has 0 aliphatic rings. The molecule has 1 aromatic rings. The maximum atomic E-state index is 10.6. The second-order valence-electron chi connectivity index (χ2n) is 2.59. The van der Waals surface area contributed by atoms with E-state index in [0.717, 1.165) is 0 Å². The van der Waals surface area contributed by atoms with Crippen molar-refractivity contribution in [3.8, 4) is 5.75 Å². The lowest BCUT2D eigenvalue weighted by Crippen LogP contribution is -1.99. The van der Waals surface area contributed by atoms with Gasteiger partial charge < -0.3 is 10.2 Å². The fourth-order valence-corrected chi connectivity index (χ4v) is 1.33. The van der Waals surface area contributed by atoms with Crippen LogP contribution in [0.4, 0.5) is 0 Å². The molecule has 0 unspecified atom stereocenters. The zero-order valence-corrected chi connectivity index (χ0v) is 7.79. The molecule has 0 aliphatic heterocycles. The summed E-state index contributed by atoms with van der Waals surface area (Å²) in [5, 5.41) is 18.2. The Balaban J connectivity index is 3.10. The van der Waals surface area contributed by atoms with Gasteiger partial charge in [-0.25, -0.2) is 4.79 Å². The van der Waals surface area contributed by atoms with Crippen molar-refractivity contribution in [2.75, 3.05) is 5.75 Å². The number of rotatable bonds is 3. The van der Waals surface area contributed by atoms with E-state index in [0.29, 0.717) is 17.7 Å². The second kappa shape index (κ2) is 4.18. The van der Waals surface area contributed by atoms with Crippen LogP contribution in [0.1, 0.15) is 15.9 Å². The van der Waals surface area contributed by atoms with Crippen LogP contribution in [0.3, 0.4) is 0 Å². The average molecular weight is 198 g/mol. The zero-order chi connectivity index (χ0) is 9.84. The van der Waals surface area contributed by atoms with Crippen LogP contribution in [-0.2, 0) is 6.42 Å². The average Bonchev–Trinajstić information content (AvgIpc) is 2.08. The predicted octanol–water partition coefficient (Wildman–Crippen LogP) is 1.56. The normalized spacial score (nSPS) is 9.92. The van der Waals surface area contributed by atoms with E-state index in [-0.39, 0.29) is 11.3 Å². The first-order chi connectivity index (χ1) is 6.16. The fourth-order valence-electron chi connectivity index (χ4n) is 1.09. The van der Waals surface area contributed by atoms with Crippen molar-refractivity contribution in [1.82, 2.24) is 0 Å². The van der Waals surface area contributed by atoms with Gasteiger partial charge in [0.2, 0.25) is 0 Å². The highest BCUT2D eigenvalue weighted by Gasteiger charge is 2.11. The second-order valence-corrected chi connectivity index (χ2v) is 3.04. The van der Waals surface area contributed by atoms with Crippen LogP contribution in [0.5, 0.6) is 5.75 Å². The monoisotopic (exact) mass is 198 g/mol. The number of carboxylic acids is 1. The van der Waals surface area contributed by atoms with Gasteiger partial charge in [-0.2, -0.15) is 12.6 Å². The van der Waals surface area contributed by atoms with Crippen LogP contribution in [0, 0.1) is 0 Å². The number of hydrogen-bond acceptors (Lipinski definition) is 3. The zero-order valence-electron chi connectivity index (χ0n) is 6.90. The molecule has 0 saturated carbocycles. The van der Waals surface area contributed by atoms with Crippen LogP contribution in [0.15, 0.2) is 18.2 Å². The third-order valence-corrected chi connectivity index (χ3v) is 1.95. The molecule has 0 heterocycles. The molecule has 4 heteroatoms. The minimum atomic E-state index is -1.11. The SMILES string of the molecule is O=C(O)c1cccc(CCS)c1O. The number of thiol groups is 1. The first kappa shape index (κ1) is 9.92. The lowest BCUT2D eigenvalue weighted by atomic mass is 10.1. The fraction of sp³-hybridized carbons (Fsp3) is 0.222. The van der Waals surface area contributed by atoms with Gasteiger partial charge in [-0.15, -0.1) is 0 Å². The molecule has 3 nitrogen and oxygen atoms in total. The summed E-state index contributed by atoms with van der Waals surface area (Å²) < 4.78 is 0. The summed E-state index contributed by atoms with van der Waals surface area (Å²) >= 11 is 4.01. The molecule has 0 atom stereocenters. The molecule has 70 valence electrons. The van der Waals surface area contributed by atoms with E-state index in [2.05, 4.69) is 12.6 Å². The summed E-state index contributed by atoms with van der Waals surface area (Å²) in [6.45, 7) is 0. The Bertz CT molecular complexity index is 323. The summed E-state index contributed by atoms with van der Waals surface area (Å²) in [6.07, 6.45) is 0.566. The van der Waals surface area contributed by atoms with Gasteiger partial charge in [-0.3, -0.25) is 0 Å². The van der Waals surface area contributed by atoms with E-state index in [9.17, 15) is 9.90 Å². The van der Waals surface area contributed by atoms with Crippen molar-refractivity contribution in [3.05, 3.63) is 29.3 Å². The highest BCUT2D eigenvalue weighted by molar-refractivity contribution is 7.80. The van der Waals surface area contributed by atoms with Gasteiger partial charge in [0.15, 0.2) is 0 Å². The van der Waals surface area contributed by atoms with Crippen LogP contribution in [-0.4, -0.2) is 21.9 Å². The van der Waals surface area contributed by atoms with Crippen LogP contribution in [0.2, 0.25) is 0 Å². The Morgan fingerprint density at radius 2 is 2.15 bits per heavy atom. The molecular weight excluding hydrogens is 188 g/mol. The quantitative estimate of drug-likeness (QED) is 0.646. The van der Waals surface area contributed by atoms with Gasteiger partial charge in [-0.05, 0) is 23.8 Å². The Hall–Kier alpha value is -1.16. The largest absolute Gasteiger partial charge is 0.507 e. The first-order valence-corrected chi connectivity index (χ1v) is 4.45. The first-order valence-electron chi connectivity index (χ1n) is 3.82. The molecule has 0 aliphatic carbocycles. The van der Waals surface area contributed by atoms with E-state index >= 15 is 0 Å². The Morgan fingerprint density at radius 1 is 1.46 bits per heavy atom. The van der Waals surface area contributed by atoms with Gasteiger partial charge in [-0.1, -0.05) is 12.1 Å². The number of benzene rings is 1. The molecule has 0 spiro atoms. The minimum Gasteiger partial charge on any atom is -0.507 e. The molecule has 0 amide bonds. The molecule has 0 saturated heterocycles. The van der Waals surface area contributed by atoms with Crippen molar-refractivity contribution in [2.24, 2.45) is 0 Å². The van der Waals surface area contributed by atoms with Crippen LogP contribution >= 0.6 is 12.6 Å². The van der Waals surface area contributed by atoms with Gasteiger partial charge >= 0.3 is 5.97 Å². The molecule has 0 fully saturated rings. The summed E-state index contributed by atoms with van der Waals surface area (Å²) in [7, 11) is 0. The van der Waals surface area contributed by atoms with Crippen molar-refractivity contribution in [3.63, 3.8) is 0 Å². The van der Waals surface area contributed by atoms with E-state index < -0.39 is 5.97 Å². The van der Waals surface area contributed by atoms with Gasteiger partial charge in [0.25, 0.3) is 0 Å². The van der Waals surface area contributed by atoms with Crippen LogP contribution in [0.25, 0.3) is 0 Å². The number of phenols is 1. The van der Waals surface area contributed by atoms with E-state index in [4.69, 9.17) is 5.11 Å². The maximum Gasteiger partial charge on any atom is 0.339 e. The summed E-state index contributed by atoms with van der Waals surface area (Å²) in [6, 6.07) is 4.68. The summed E-state index contributed by atoms with van der Waals surface area (Å²) in [5.74, 6) is -0.682. The Labute approximate surface area is 81.4 Å². The third-order valence-electron chi connectivity index (χ3n) is 1.73. The minimum absolute atomic E-state index is 0.0562. The van der Waals surface area contributed by atoms with Crippen molar-refractivity contribution in [2.45, 2.75) is 6.42 Å². The number of carbonyl (C=O) groups is 1.